The van der Waals surface area contributed by atoms with E-state index in [1.54, 1.807) is 0 Å². The van der Waals surface area contributed by atoms with E-state index < -0.39 is 0 Å². The Morgan fingerprint density at radius 1 is 1.13 bits per heavy atom. The molecule has 15 heavy (non-hydrogen) atoms. The maximum atomic E-state index is 5.65. The fourth-order valence-corrected chi connectivity index (χ4v) is 1.72. The molecule has 1 aromatic carbocycles. The fourth-order valence-electron chi connectivity index (χ4n) is 1.36. The van der Waals surface area contributed by atoms with Gasteiger partial charge in [-0.1, -0.05) is 13.8 Å². The first kappa shape index (κ1) is 12.8. The highest BCUT2D eigenvalue weighted by Crippen LogP contribution is 2.13. The molecule has 0 fully saturated rings. The van der Waals surface area contributed by atoms with Crippen molar-refractivity contribution in [3.8, 4) is 5.75 Å². The third-order valence-corrected chi connectivity index (χ3v) is 3.10. The normalized spacial score (nSPS) is 10.7. The topological polar surface area (TPSA) is 12.5 Å². The average Bonchev–Trinajstić information content (AvgIpc) is 2.27. The van der Waals surface area contributed by atoms with Gasteiger partial charge in [0.2, 0.25) is 0 Å². The number of ether oxygens (including phenoxy) is 1. The van der Waals surface area contributed by atoms with Gasteiger partial charge in [-0.15, -0.1) is 0 Å². The standard InChI is InChI=1S/C12H18INO/c1-3-14(4-2)9-10-15-12-7-5-11(13)6-8-12/h5-8H,3-4,9-10H2,1-2H3/i13-2. The Balaban J connectivity index is 2.28. The highest BCUT2D eigenvalue weighted by atomic mass is 125. The number of hydrogen-bond acceptors (Lipinski definition) is 2. The minimum Gasteiger partial charge on any atom is -0.492 e. The van der Waals surface area contributed by atoms with Crippen molar-refractivity contribution in [2.45, 2.75) is 13.8 Å². The van der Waals surface area contributed by atoms with Crippen LogP contribution in [-0.4, -0.2) is 31.1 Å². The van der Waals surface area contributed by atoms with E-state index in [1.165, 1.54) is 3.57 Å². The lowest BCUT2D eigenvalue weighted by Gasteiger charge is -2.17. The zero-order valence-corrected chi connectivity index (χ0v) is 11.5. The van der Waals surface area contributed by atoms with Crippen LogP contribution in [0.2, 0.25) is 0 Å². The van der Waals surface area contributed by atoms with E-state index in [-0.39, 0.29) is 0 Å². The molecule has 0 saturated heterocycles. The number of hydrogen-bond donors (Lipinski definition) is 0. The van der Waals surface area contributed by atoms with Crippen LogP contribution in [0.1, 0.15) is 13.8 Å². The maximum Gasteiger partial charge on any atom is 0.119 e. The molecule has 0 saturated carbocycles. The fraction of sp³-hybridized carbons (Fsp3) is 0.500. The van der Waals surface area contributed by atoms with E-state index in [0.717, 1.165) is 32.0 Å². The van der Waals surface area contributed by atoms with Crippen molar-refractivity contribution in [1.82, 2.24) is 4.90 Å². The summed E-state index contributed by atoms with van der Waals surface area (Å²) in [5, 5.41) is 0. The van der Waals surface area contributed by atoms with E-state index in [2.05, 4.69) is 53.5 Å². The quantitative estimate of drug-likeness (QED) is 0.748. The zero-order valence-electron chi connectivity index (χ0n) is 9.37. The zero-order chi connectivity index (χ0) is 11.1. The summed E-state index contributed by atoms with van der Waals surface area (Å²) in [5.41, 5.74) is 0. The van der Waals surface area contributed by atoms with Crippen LogP contribution in [0.3, 0.4) is 0 Å². The van der Waals surface area contributed by atoms with Crippen molar-refractivity contribution in [2.24, 2.45) is 0 Å². The smallest absolute Gasteiger partial charge is 0.119 e. The molecule has 2 nitrogen and oxygen atoms in total. The summed E-state index contributed by atoms with van der Waals surface area (Å²) in [5.74, 6) is 0.961. The molecule has 0 atom stereocenters. The predicted molar refractivity (Wildman–Crippen MR) is 72.4 cm³/mol. The lowest BCUT2D eigenvalue weighted by Crippen LogP contribution is -2.27. The molecule has 0 aliphatic carbocycles. The van der Waals surface area contributed by atoms with Crippen LogP contribution in [0, 0.1) is 3.57 Å². The number of likely N-dealkylation sites (N-methyl/N-ethyl adjacent to an activating group) is 1. The summed E-state index contributed by atoms with van der Waals surface area (Å²) in [6.07, 6.45) is 0. The first-order valence-electron chi connectivity index (χ1n) is 5.37. The average molecular weight is 317 g/mol. The highest BCUT2D eigenvalue weighted by Gasteiger charge is 1.99. The Morgan fingerprint density at radius 3 is 2.27 bits per heavy atom. The Bertz CT molecular complexity index is 269. The summed E-state index contributed by atoms with van der Waals surface area (Å²) in [4.78, 5) is 2.35. The summed E-state index contributed by atoms with van der Waals surface area (Å²) >= 11 is 2.29. The Labute approximate surface area is 106 Å². The molecule has 0 heterocycles. The lowest BCUT2D eigenvalue weighted by molar-refractivity contribution is 0.223. The maximum absolute atomic E-state index is 5.65. The molecule has 0 unspecified atom stereocenters. The van der Waals surface area contributed by atoms with Gasteiger partial charge in [-0.05, 0) is 59.9 Å². The molecule has 84 valence electrons. The van der Waals surface area contributed by atoms with Crippen LogP contribution in [-0.2, 0) is 0 Å². The van der Waals surface area contributed by atoms with Gasteiger partial charge in [-0.25, -0.2) is 0 Å². The molecule has 0 radical (unpaired) electrons. The summed E-state index contributed by atoms with van der Waals surface area (Å²) in [6.45, 7) is 8.29. The van der Waals surface area contributed by atoms with Crippen LogP contribution in [0.25, 0.3) is 0 Å². The molecule has 0 aliphatic heterocycles. The van der Waals surface area contributed by atoms with E-state index in [4.69, 9.17) is 4.74 Å². The predicted octanol–water partition coefficient (Wildman–Crippen LogP) is 3.01. The molecule has 3 heteroatoms. The van der Waals surface area contributed by atoms with E-state index >= 15 is 0 Å². The number of halogens is 1. The number of benzene rings is 1. The van der Waals surface area contributed by atoms with Crippen LogP contribution in [0.4, 0.5) is 0 Å². The molecule has 0 N–H and O–H groups in total. The van der Waals surface area contributed by atoms with Crippen LogP contribution >= 0.6 is 22.6 Å². The van der Waals surface area contributed by atoms with Crippen molar-refractivity contribution >= 4 is 22.6 Å². The Kier molecular flexibility index (Phi) is 6.02. The second-order valence-corrected chi connectivity index (χ2v) is 4.57. The minimum absolute atomic E-state index is 0.766. The molecular formula is C12H18INO. The van der Waals surface area contributed by atoms with Crippen molar-refractivity contribution in [2.75, 3.05) is 26.2 Å². The first-order valence-corrected chi connectivity index (χ1v) is 6.44. The third-order valence-electron chi connectivity index (χ3n) is 2.38. The van der Waals surface area contributed by atoms with Gasteiger partial charge < -0.3 is 9.64 Å². The van der Waals surface area contributed by atoms with Crippen LogP contribution in [0.15, 0.2) is 24.3 Å². The Morgan fingerprint density at radius 2 is 1.73 bits per heavy atom. The van der Waals surface area contributed by atoms with E-state index in [1.807, 2.05) is 12.1 Å². The second kappa shape index (κ2) is 7.06. The highest BCUT2D eigenvalue weighted by molar-refractivity contribution is 14.1. The van der Waals surface area contributed by atoms with Gasteiger partial charge >= 0.3 is 0 Å². The third kappa shape index (κ3) is 4.84. The van der Waals surface area contributed by atoms with Crippen LogP contribution < -0.4 is 4.74 Å². The van der Waals surface area contributed by atoms with Gasteiger partial charge in [0, 0.05) is 10.1 Å². The van der Waals surface area contributed by atoms with Crippen molar-refractivity contribution < 1.29 is 4.74 Å². The largest absolute Gasteiger partial charge is 0.492 e. The number of nitrogens with zero attached hydrogens (tertiary/aromatic N) is 1. The molecule has 0 bridgehead atoms. The molecule has 0 aromatic heterocycles. The SMILES string of the molecule is CCN(CC)CCOc1ccc([125I])cc1. The van der Waals surface area contributed by atoms with Gasteiger partial charge in [-0.2, -0.15) is 0 Å². The van der Waals surface area contributed by atoms with Gasteiger partial charge in [0.25, 0.3) is 0 Å². The van der Waals surface area contributed by atoms with Crippen molar-refractivity contribution in [3.05, 3.63) is 27.8 Å². The molecule has 0 spiro atoms. The first-order chi connectivity index (χ1) is 7.26. The molecule has 0 amide bonds. The van der Waals surface area contributed by atoms with Gasteiger partial charge in [0.15, 0.2) is 0 Å². The van der Waals surface area contributed by atoms with Crippen molar-refractivity contribution in [3.63, 3.8) is 0 Å². The monoisotopic (exact) mass is 317 g/mol. The molecule has 1 aromatic rings. The lowest BCUT2D eigenvalue weighted by atomic mass is 10.3. The molecule has 0 aliphatic rings. The van der Waals surface area contributed by atoms with Gasteiger partial charge in [0.05, 0.1) is 0 Å². The molecule has 1 rings (SSSR count). The van der Waals surface area contributed by atoms with Crippen molar-refractivity contribution in [1.29, 1.82) is 0 Å². The Hall–Kier alpha value is -0.290. The minimum atomic E-state index is 0.766. The van der Waals surface area contributed by atoms with E-state index in [0.29, 0.717) is 0 Å². The van der Waals surface area contributed by atoms with Gasteiger partial charge in [-0.3, -0.25) is 0 Å². The van der Waals surface area contributed by atoms with E-state index in [9.17, 15) is 0 Å². The van der Waals surface area contributed by atoms with Gasteiger partial charge in [0.1, 0.15) is 12.4 Å². The second-order valence-electron chi connectivity index (χ2n) is 3.33. The summed E-state index contributed by atoms with van der Waals surface area (Å²) in [6, 6.07) is 8.16. The van der Waals surface area contributed by atoms with Crippen LogP contribution in [0.5, 0.6) is 5.75 Å². The molecular weight excluding hydrogens is 299 g/mol. The summed E-state index contributed by atoms with van der Waals surface area (Å²) < 4.78 is 6.89. The summed E-state index contributed by atoms with van der Waals surface area (Å²) in [7, 11) is 0. The number of rotatable bonds is 6.